The normalized spacial score (nSPS) is 11.4. The Morgan fingerprint density at radius 3 is 2.52 bits per heavy atom. The topological polar surface area (TPSA) is 68.3 Å². The van der Waals surface area contributed by atoms with Gasteiger partial charge >= 0.3 is 12.1 Å². The van der Waals surface area contributed by atoms with E-state index in [0.717, 1.165) is 12.1 Å². The standard InChI is InChI=1S/C22H18ClF3N2O3/c1-3-16-12(2)19(13-7-4-5-10-17(13)27-16)21(30)31-11-18(29)28-20-14(22(24,25)26)8-6-9-15(20)23/h4-10H,3,11H2,1-2H3,(H,28,29). The second kappa shape index (κ2) is 8.93. The van der Waals surface area contributed by atoms with Gasteiger partial charge in [-0.1, -0.05) is 42.8 Å². The maximum absolute atomic E-state index is 13.2. The molecular formula is C22H18ClF3N2O3. The summed E-state index contributed by atoms with van der Waals surface area (Å²) in [6.45, 7) is 2.85. The van der Waals surface area contributed by atoms with Crippen molar-refractivity contribution in [1.29, 1.82) is 0 Å². The second-order valence-corrected chi connectivity index (χ2v) is 7.12. The number of nitrogens with one attached hydrogen (secondary N) is 1. The zero-order valence-corrected chi connectivity index (χ0v) is 17.4. The highest BCUT2D eigenvalue weighted by atomic mass is 35.5. The molecule has 5 nitrogen and oxygen atoms in total. The van der Waals surface area contributed by atoms with Crippen molar-refractivity contribution in [3.05, 3.63) is 69.9 Å². The van der Waals surface area contributed by atoms with Crippen LogP contribution in [-0.2, 0) is 22.1 Å². The molecule has 2 aromatic carbocycles. The average Bonchev–Trinajstić information content (AvgIpc) is 2.72. The fraction of sp³-hybridized carbons (Fsp3) is 0.227. The Balaban J connectivity index is 1.82. The number of pyridine rings is 1. The number of halogens is 4. The van der Waals surface area contributed by atoms with Crippen molar-refractivity contribution < 1.29 is 27.5 Å². The monoisotopic (exact) mass is 450 g/mol. The molecule has 0 spiro atoms. The number of para-hydroxylation sites is 2. The van der Waals surface area contributed by atoms with Crippen LogP contribution < -0.4 is 5.32 Å². The number of hydrogen-bond donors (Lipinski definition) is 1. The third kappa shape index (κ3) is 4.80. The summed E-state index contributed by atoms with van der Waals surface area (Å²) in [5.74, 6) is -1.71. The van der Waals surface area contributed by atoms with Gasteiger partial charge in [0.05, 0.1) is 27.4 Å². The van der Waals surface area contributed by atoms with E-state index in [1.54, 1.807) is 31.2 Å². The molecule has 0 aliphatic carbocycles. The van der Waals surface area contributed by atoms with E-state index in [9.17, 15) is 22.8 Å². The van der Waals surface area contributed by atoms with Crippen molar-refractivity contribution in [3.8, 4) is 0 Å². The molecule has 0 atom stereocenters. The molecule has 3 rings (SSSR count). The first-order chi connectivity index (χ1) is 14.6. The quantitative estimate of drug-likeness (QED) is 0.516. The largest absolute Gasteiger partial charge is 0.452 e. The summed E-state index contributed by atoms with van der Waals surface area (Å²) in [6, 6.07) is 10.1. The van der Waals surface area contributed by atoms with E-state index in [1.807, 2.05) is 6.92 Å². The molecule has 1 heterocycles. The first kappa shape index (κ1) is 22.6. The predicted octanol–water partition coefficient (Wildman–Crippen LogP) is 5.57. The summed E-state index contributed by atoms with van der Waals surface area (Å²) in [6.07, 6.45) is -4.13. The Morgan fingerprint density at radius 2 is 1.84 bits per heavy atom. The van der Waals surface area contributed by atoms with Crippen LogP contribution in [-0.4, -0.2) is 23.5 Å². The number of amides is 1. The molecule has 0 bridgehead atoms. The van der Waals surface area contributed by atoms with E-state index in [0.29, 0.717) is 28.6 Å². The summed E-state index contributed by atoms with van der Waals surface area (Å²) < 4.78 is 44.6. The van der Waals surface area contributed by atoms with E-state index in [1.165, 1.54) is 6.07 Å². The first-order valence-corrected chi connectivity index (χ1v) is 9.72. The third-order valence-electron chi connectivity index (χ3n) is 4.69. The lowest BCUT2D eigenvalue weighted by molar-refractivity contribution is -0.137. The van der Waals surface area contributed by atoms with Gasteiger partial charge in [-0.05, 0) is 37.1 Å². The van der Waals surface area contributed by atoms with Crippen molar-refractivity contribution in [1.82, 2.24) is 4.98 Å². The SMILES string of the molecule is CCc1nc2ccccc2c(C(=O)OCC(=O)Nc2c(Cl)cccc2C(F)(F)F)c1C. The Morgan fingerprint density at radius 1 is 1.13 bits per heavy atom. The van der Waals surface area contributed by atoms with Crippen LogP contribution in [0.25, 0.3) is 10.9 Å². The molecule has 1 aromatic heterocycles. The highest BCUT2D eigenvalue weighted by Gasteiger charge is 2.35. The van der Waals surface area contributed by atoms with E-state index in [4.69, 9.17) is 16.3 Å². The highest BCUT2D eigenvalue weighted by Crippen LogP contribution is 2.38. The number of carbonyl (C=O) groups is 2. The molecule has 31 heavy (non-hydrogen) atoms. The highest BCUT2D eigenvalue weighted by molar-refractivity contribution is 6.34. The molecule has 9 heteroatoms. The lowest BCUT2D eigenvalue weighted by Crippen LogP contribution is -2.23. The molecule has 3 aromatic rings. The molecule has 162 valence electrons. The number of aromatic nitrogens is 1. The number of esters is 1. The van der Waals surface area contributed by atoms with Crippen molar-refractivity contribution in [2.45, 2.75) is 26.4 Å². The van der Waals surface area contributed by atoms with Crippen molar-refractivity contribution in [2.75, 3.05) is 11.9 Å². The van der Waals surface area contributed by atoms with Crippen molar-refractivity contribution >= 4 is 40.1 Å². The smallest absolute Gasteiger partial charge is 0.418 e. The van der Waals surface area contributed by atoms with E-state index >= 15 is 0 Å². The van der Waals surface area contributed by atoms with Crippen molar-refractivity contribution in [2.24, 2.45) is 0 Å². The molecule has 0 radical (unpaired) electrons. The van der Waals surface area contributed by atoms with Gasteiger partial charge in [-0.2, -0.15) is 13.2 Å². The number of rotatable bonds is 5. The molecule has 0 saturated heterocycles. The van der Waals surface area contributed by atoms with Crippen LogP contribution in [0.2, 0.25) is 5.02 Å². The summed E-state index contributed by atoms with van der Waals surface area (Å²) in [5, 5.41) is 2.37. The van der Waals surface area contributed by atoms with Crippen LogP contribution in [0, 0.1) is 6.92 Å². The number of fused-ring (bicyclic) bond motifs is 1. The lowest BCUT2D eigenvalue weighted by atomic mass is 10.0. The van der Waals surface area contributed by atoms with E-state index < -0.39 is 35.9 Å². The molecule has 1 N–H and O–H groups in total. The van der Waals surface area contributed by atoms with Gasteiger partial charge in [0.15, 0.2) is 6.61 Å². The van der Waals surface area contributed by atoms with Crippen LogP contribution in [0.15, 0.2) is 42.5 Å². The van der Waals surface area contributed by atoms with Gasteiger partial charge in [0.25, 0.3) is 5.91 Å². The third-order valence-corrected chi connectivity index (χ3v) is 5.01. The molecule has 1 amide bonds. The van der Waals surface area contributed by atoms with Crippen LogP contribution >= 0.6 is 11.6 Å². The van der Waals surface area contributed by atoms with E-state index in [2.05, 4.69) is 10.3 Å². The molecule has 0 fully saturated rings. The van der Waals surface area contributed by atoms with Gasteiger partial charge in [0.1, 0.15) is 0 Å². The Hall–Kier alpha value is -3.13. The Labute approximate surface area is 181 Å². The summed E-state index contributed by atoms with van der Waals surface area (Å²) >= 11 is 5.83. The van der Waals surface area contributed by atoms with Gasteiger partial charge in [-0.15, -0.1) is 0 Å². The minimum atomic E-state index is -4.71. The second-order valence-electron chi connectivity index (χ2n) is 6.71. The number of hydrogen-bond acceptors (Lipinski definition) is 4. The number of benzene rings is 2. The first-order valence-electron chi connectivity index (χ1n) is 9.34. The fourth-order valence-electron chi connectivity index (χ4n) is 3.23. The number of carbonyl (C=O) groups excluding carboxylic acids is 2. The average molecular weight is 451 g/mol. The zero-order valence-electron chi connectivity index (χ0n) is 16.6. The maximum Gasteiger partial charge on any atom is 0.418 e. The lowest BCUT2D eigenvalue weighted by Gasteiger charge is -2.16. The fourth-order valence-corrected chi connectivity index (χ4v) is 3.45. The van der Waals surface area contributed by atoms with Crippen LogP contribution in [0.5, 0.6) is 0 Å². The molecule has 0 saturated carbocycles. The number of anilines is 1. The van der Waals surface area contributed by atoms with Gasteiger partial charge in [-0.3, -0.25) is 9.78 Å². The van der Waals surface area contributed by atoms with Crippen LogP contribution in [0.1, 0.15) is 34.1 Å². The Bertz CT molecular complexity index is 1160. The maximum atomic E-state index is 13.2. The molecular weight excluding hydrogens is 433 g/mol. The van der Waals surface area contributed by atoms with Gasteiger partial charge < -0.3 is 10.1 Å². The number of alkyl halides is 3. The number of aryl methyl sites for hydroxylation is 1. The summed E-state index contributed by atoms with van der Waals surface area (Å²) in [5.41, 5.74) is 0.522. The molecule has 0 aliphatic rings. The van der Waals surface area contributed by atoms with Crippen LogP contribution in [0.3, 0.4) is 0 Å². The number of nitrogens with zero attached hydrogens (tertiary/aromatic N) is 1. The molecule has 0 unspecified atom stereocenters. The molecule has 0 aliphatic heterocycles. The van der Waals surface area contributed by atoms with Crippen LogP contribution in [0.4, 0.5) is 18.9 Å². The van der Waals surface area contributed by atoms with Gasteiger partial charge in [0.2, 0.25) is 0 Å². The Kier molecular flexibility index (Phi) is 6.50. The number of ether oxygens (including phenoxy) is 1. The summed E-state index contributed by atoms with van der Waals surface area (Å²) in [7, 11) is 0. The summed E-state index contributed by atoms with van der Waals surface area (Å²) in [4.78, 5) is 29.5. The van der Waals surface area contributed by atoms with Gasteiger partial charge in [0, 0.05) is 11.1 Å². The zero-order chi connectivity index (χ0) is 22.8. The predicted molar refractivity (Wildman–Crippen MR) is 111 cm³/mol. The van der Waals surface area contributed by atoms with E-state index in [-0.39, 0.29) is 10.6 Å². The van der Waals surface area contributed by atoms with Crippen molar-refractivity contribution in [3.63, 3.8) is 0 Å². The van der Waals surface area contributed by atoms with Gasteiger partial charge in [-0.25, -0.2) is 4.79 Å². The minimum Gasteiger partial charge on any atom is -0.452 e. The minimum absolute atomic E-state index is 0.268.